The van der Waals surface area contributed by atoms with E-state index in [0.29, 0.717) is 18.3 Å². The number of thioether (sulfide) groups is 1. The number of rotatable bonds is 5. The maximum Gasteiger partial charge on any atom is 0.230 e. The van der Waals surface area contributed by atoms with Crippen LogP contribution in [-0.2, 0) is 6.54 Å². The van der Waals surface area contributed by atoms with Gasteiger partial charge in [0, 0.05) is 18.2 Å². The molecule has 1 heterocycles. The Kier molecular flexibility index (Phi) is 3.95. The fraction of sp³-hybridized carbons (Fsp3) is 0.778. The van der Waals surface area contributed by atoms with Crippen LogP contribution in [0.1, 0.15) is 25.6 Å². The number of hydrogen-bond acceptors (Lipinski definition) is 5. The summed E-state index contributed by atoms with van der Waals surface area (Å²) < 4.78 is 5.49. The Morgan fingerprint density at radius 2 is 2.14 bits per heavy atom. The van der Waals surface area contributed by atoms with Crippen molar-refractivity contribution in [1.82, 2.24) is 15.5 Å². The molecule has 0 bridgehead atoms. The molecule has 14 heavy (non-hydrogen) atoms. The van der Waals surface area contributed by atoms with Crippen LogP contribution in [0.2, 0.25) is 0 Å². The van der Waals surface area contributed by atoms with Crippen molar-refractivity contribution in [3.8, 4) is 0 Å². The highest BCUT2D eigenvalue weighted by Gasteiger charge is 2.15. The Bertz CT molecular complexity index is 285. The summed E-state index contributed by atoms with van der Waals surface area (Å²) in [4.78, 5) is 0. The monoisotopic (exact) mass is 215 g/mol. The number of aryl methyl sites for hydroxylation is 1. The van der Waals surface area contributed by atoms with Gasteiger partial charge in [-0.15, -0.1) is 10.2 Å². The second-order valence-corrected chi connectivity index (χ2v) is 5.30. The quantitative estimate of drug-likeness (QED) is 0.808. The lowest BCUT2D eigenvalue weighted by Crippen LogP contribution is -2.31. The first-order chi connectivity index (χ1) is 6.53. The molecule has 1 aromatic rings. The van der Waals surface area contributed by atoms with Gasteiger partial charge in [-0.05, 0) is 20.1 Å². The van der Waals surface area contributed by atoms with Crippen molar-refractivity contribution < 1.29 is 4.42 Å². The Morgan fingerprint density at radius 3 is 2.64 bits per heavy atom. The van der Waals surface area contributed by atoms with Crippen molar-refractivity contribution in [2.75, 3.05) is 12.8 Å². The molecule has 0 aliphatic rings. The van der Waals surface area contributed by atoms with Crippen LogP contribution in [-0.4, -0.2) is 27.7 Å². The summed E-state index contributed by atoms with van der Waals surface area (Å²) in [5, 5.41) is 11.0. The summed E-state index contributed by atoms with van der Waals surface area (Å²) in [6.07, 6.45) is 2.11. The van der Waals surface area contributed by atoms with Gasteiger partial charge in [-0.1, -0.05) is 0 Å². The summed E-state index contributed by atoms with van der Waals surface area (Å²) in [6.45, 7) is 7.76. The molecule has 1 N–H and O–H groups in total. The van der Waals surface area contributed by atoms with Gasteiger partial charge in [-0.3, -0.25) is 0 Å². The molecule has 0 saturated carbocycles. The van der Waals surface area contributed by atoms with Crippen LogP contribution in [0.3, 0.4) is 0 Å². The van der Waals surface area contributed by atoms with Crippen LogP contribution in [0.15, 0.2) is 4.42 Å². The van der Waals surface area contributed by atoms with E-state index >= 15 is 0 Å². The molecule has 4 nitrogen and oxygen atoms in total. The van der Waals surface area contributed by atoms with Gasteiger partial charge in [0.15, 0.2) is 0 Å². The summed E-state index contributed by atoms with van der Waals surface area (Å²) in [7, 11) is 0. The predicted molar refractivity (Wildman–Crippen MR) is 58.3 cm³/mol. The van der Waals surface area contributed by atoms with Crippen LogP contribution in [0.5, 0.6) is 0 Å². The molecule has 0 aliphatic carbocycles. The zero-order valence-electron chi connectivity index (χ0n) is 9.13. The predicted octanol–water partition coefficient (Wildman–Crippen LogP) is 1.61. The number of nitrogens with zero attached hydrogens (tertiary/aromatic N) is 2. The van der Waals surface area contributed by atoms with Crippen molar-refractivity contribution in [3.05, 3.63) is 11.8 Å². The highest BCUT2D eigenvalue weighted by Crippen LogP contribution is 2.19. The lowest BCUT2D eigenvalue weighted by Gasteiger charge is -2.21. The van der Waals surface area contributed by atoms with E-state index in [1.54, 1.807) is 6.92 Å². The molecule has 0 atom stereocenters. The van der Waals surface area contributed by atoms with Crippen LogP contribution in [0.4, 0.5) is 0 Å². The molecule has 0 aliphatic heterocycles. The van der Waals surface area contributed by atoms with E-state index in [0.717, 1.165) is 6.54 Å². The third-order valence-electron chi connectivity index (χ3n) is 1.95. The summed E-state index contributed by atoms with van der Waals surface area (Å²) in [6, 6.07) is 0. The minimum Gasteiger partial charge on any atom is -0.424 e. The fourth-order valence-electron chi connectivity index (χ4n) is 0.952. The van der Waals surface area contributed by atoms with E-state index in [4.69, 9.17) is 4.42 Å². The van der Waals surface area contributed by atoms with Gasteiger partial charge in [0.05, 0.1) is 6.54 Å². The zero-order valence-corrected chi connectivity index (χ0v) is 9.94. The van der Waals surface area contributed by atoms with Crippen LogP contribution in [0, 0.1) is 6.92 Å². The SMILES string of the molecule is CSC(C)(C)CNCc1nnc(C)o1. The van der Waals surface area contributed by atoms with E-state index < -0.39 is 0 Å². The van der Waals surface area contributed by atoms with Gasteiger partial charge in [0.2, 0.25) is 11.8 Å². The molecule has 0 spiro atoms. The maximum absolute atomic E-state index is 5.24. The van der Waals surface area contributed by atoms with Crippen molar-refractivity contribution in [3.63, 3.8) is 0 Å². The van der Waals surface area contributed by atoms with Crippen LogP contribution < -0.4 is 5.32 Å². The van der Waals surface area contributed by atoms with E-state index in [2.05, 4.69) is 35.6 Å². The van der Waals surface area contributed by atoms with Gasteiger partial charge in [0.1, 0.15) is 0 Å². The minimum absolute atomic E-state index is 0.245. The van der Waals surface area contributed by atoms with Gasteiger partial charge in [-0.2, -0.15) is 11.8 Å². The molecular formula is C9H17N3OS. The molecule has 1 aromatic heterocycles. The minimum atomic E-state index is 0.245. The smallest absolute Gasteiger partial charge is 0.230 e. The average Bonchev–Trinajstić information content (AvgIpc) is 2.51. The first kappa shape index (κ1) is 11.5. The second kappa shape index (κ2) is 4.79. The molecule has 0 radical (unpaired) electrons. The van der Waals surface area contributed by atoms with Crippen LogP contribution in [0.25, 0.3) is 0 Å². The number of nitrogens with one attached hydrogen (secondary N) is 1. The van der Waals surface area contributed by atoms with Crippen molar-refractivity contribution in [1.29, 1.82) is 0 Å². The first-order valence-corrected chi connectivity index (χ1v) is 5.81. The summed E-state index contributed by atoms with van der Waals surface area (Å²) in [5.74, 6) is 1.27. The maximum atomic E-state index is 5.24. The third kappa shape index (κ3) is 3.67. The van der Waals surface area contributed by atoms with Gasteiger partial charge >= 0.3 is 0 Å². The molecule has 5 heteroatoms. The Hall–Kier alpha value is -0.550. The molecule has 0 saturated heterocycles. The molecule has 1 rings (SSSR count). The lowest BCUT2D eigenvalue weighted by molar-refractivity contribution is 0.440. The lowest BCUT2D eigenvalue weighted by atomic mass is 10.2. The van der Waals surface area contributed by atoms with Gasteiger partial charge < -0.3 is 9.73 Å². The molecular weight excluding hydrogens is 198 g/mol. The van der Waals surface area contributed by atoms with Crippen molar-refractivity contribution >= 4 is 11.8 Å². The topological polar surface area (TPSA) is 51.0 Å². The van der Waals surface area contributed by atoms with Gasteiger partial charge in [0.25, 0.3) is 0 Å². The number of aromatic nitrogens is 2. The second-order valence-electron chi connectivity index (χ2n) is 3.78. The first-order valence-electron chi connectivity index (χ1n) is 4.58. The third-order valence-corrected chi connectivity index (χ3v) is 3.20. The van der Waals surface area contributed by atoms with Crippen molar-refractivity contribution in [2.24, 2.45) is 0 Å². The largest absolute Gasteiger partial charge is 0.424 e. The summed E-state index contributed by atoms with van der Waals surface area (Å²) in [5.41, 5.74) is 0. The molecule has 80 valence electrons. The highest BCUT2D eigenvalue weighted by atomic mass is 32.2. The Morgan fingerprint density at radius 1 is 1.43 bits per heavy atom. The molecule has 0 amide bonds. The van der Waals surface area contributed by atoms with Crippen LogP contribution >= 0.6 is 11.8 Å². The fourth-order valence-corrected chi connectivity index (χ4v) is 1.20. The van der Waals surface area contributed by atoms with E-state index in [-0.39, 0.29) is 4.75 Å². The average molecular weight is 215 g/mol. The Labute approximate surface area is 88.9 Å². The number of hydrogen-bond donors (Lipinski definition) is 1. The standard InChI is InChI=1S/C9H17N3OS/c1-7-11-12-8(13-7)5-10-6-9(2,3)14-4/h10H,5-6H2,1-4H3. The molecule has 0 fully saturated rings. The van der Waals surface area contributed by atoms with Crippen molar-refractivity contribution in [2.45, 2.75) is 32.1 Å². The van der Waals surface area contributed by atoms with E-state index in [1.165, 1.54) is 0 Å². The molecule has 0 unspecified atom stereocenters. The highest BCUT2D eigenvalue weighted by molar-refractivity contribution is 7.99. The normalized spacial score (nSPS) is 12.0. The molecule has 0 aromatic carbocycles. The van der Waals surface area contributed by atoms with E-state index in [1.807, 2.05) is 11.8 Å². The van der Waals surface area contributed by atoms with E-state index in [9.17, 15) is 0 Å². The Balaban J connectivity index is 2.28. The summed E-state index contributed by atoms with van der Waals surface area (Å²) >= 11 is 1.84. The van der Waals surface area contributed by atoms with Gasteiger partial charge in [-0.25, -0.2) is 0 Å². The zero-order chi connectivity index (χ0) is 10.6.